The molecule has 2 heterocycles. The van der Waals surface area contributed by atoms with Gasteiger partial charge >= 0.3 is 0 Å². The Morgan fingerprint density at radius 3 is 2.36 bits per heavy atom. The number of benzene rings is 2. The molecule has 0 bridgehead atoms. The van der Waals surface area contributed by atoms with Gasteiger partial charge in [-0.2, -0.15) is 5.10 Å². The Kier molecular flexibility index (Phi) is 4.90. The van der Waals surface area contributed by atoms with Gasteiger partial charge < -0.3 is 4.90 Å². The molecule has 5 nitrogen and oxygen atoms in total. The molecule has 0 aliphatic carbocycles. The quantitative estimate of drug-likeness (QED) is 0.693. The van der Waals surface area contributed by atoms with Crippen LogP contribution in [-0.2, 0) is 10.2 Å². The van der Waals surface area contributed by atoms with Crippen LogP contribution < -0.4 is 4.90 Å². The summed E-state index contributed by atoms with van der Waals surface area (Å²) in [6.07, 6.45) is 3.22. The first kappa shape index (κ1) is 18.3. The van der Waals surface area contributed by atoms with Gasteiger partial charge in [-0.05, 0) is 37.8 Å². The first-order valence-corrected chi connectivity index (χ1v) is 9.67. The number of piperidine rings is 1. The molecule has 0 N–H and O–H groups in total. The molecule has 1 aliphatic heterocycles. The molecular formula is C23H24N4O. The fourth-order valence-electron chi connectivity index (χ4n) is 4.11. The minimum Gasteiger partial charge on any atom is -0.339 e. The average molecular weight is 372 g/mol. The maximum Gasteiger partial charge on any atom is 0.245 e. The van der Waals surface area contributed by atoms with Crippen molar-refractivity contribution in [1.29, 1.82) is 0 Å². The van der Waals surface area contributed by atoms with E-state index in [1.54, 1.807) is 13.1 Å². The number of aryl methyl sites for hydroxylation is 1. The number of carbonyl (C=O) groups excluding carboxylic acids is 1. The Morgan fingerprint density at radius 2 is 1.68 bits per heavy atom. The number of ketones is 1. The average Bonchev–Trinajstić information content (AvgIpc) is 2.75. The molecule has 0 unspecified atom stereocenters. The molecule has 5 heteroatoms. The van der Waals surface area contributed by atoms with E-state index in [9.17, 15) is 4.79 Å². The fourth-order valence-corrected chi connectivity index (χ4v) is 4.11. The molecule has 0 radical (unpaired) electrons. The van der Waals surface area contributed by atoms with Gasteiger partial charge in [0.1, 0.15) is 5.78 Å². The minimum absolute atomic E-state index is 0.228. The third-order valence-corrected chi connectivity index (χ3v) is 5.87. The molecule has 142 valence electrons. The van der Waals surface area contributed by atoms with E-state index >= 15 is 0 Å². The van der Waals surface area contributed by atoms with Gasteiger partial charge in [-0.15, -0.1) is 5.10 Å². The van der Waals surface area contributed by atoms with E-state index in [0.717, 1.165) is 48.3 Å². The van der Waals surface area contributed by atoms with E-state index in [2.05, 4.69) is 46.3 Å². The molecule has 1 fully saturated rings. The molecule has 0 amide bonds. The van der Waals surface area contributed by atoms with Crippen molar-refractivity contribution in [1.82, 2.24) is 15.2 Å². The summed E-state index contributed by atoms with van der Waals surface area (Å²) in [5, 5.41) is 8.45. The maximum absolute atomic E-state index is 12.6. The van der Waals surface area contributed by atoms with Crippen molar-refractivity contribution in [3.05, 3.63) is 71.9 Å². The molecule has 3 aromatic rings. The van der Waals surface area contributed by atoms with Gasteiger partial charge in [0.15, 0.2) is 0 Å². The number of carbonyl (C=O) groups is 1. The molecule has 1 aliphatic rings. The number of aromatic nitrogens is 3. The Morgan fingerprint density at radius 1 is 1.00 bits per heavy atom. The molecule has 0 atom stereocenters. The summed E-state index contributed by atoms with van der Waals surface area (Å²) in [5.41, 5.74) is 3.74. The zero-order chi connectivity index (χ0) is 19.6. The number of hydrogen-bond acceptors (Lipinski definition) is 5. The summed E-state index contributed by atoms with van der Waals surface area (Å²) in [7, 11) is 0. The Bertz CT molecular complexity index is 979. The molecule has 1 saturated heterocycles. The first-order valence-electron chi connectivity index (χ1n) is 9.67. The molecule has 0 saturated carbocycles. The highest BCUT2D eigenvalue weighted by atomic mass is 16.1. The van der Waals surface area contributed by atoms with Gasteiger partial charge in [0, 0.05) is 18.7 Å². The Balaban J connectivity index is 1.58. The molecule has 2 aromatic carbocycles. The predicted molar refractivity (Wildman–Crippen MR) is 110 cm³/mol. The van der Waals surface area contributed by atoms with E-state index in [1.807, 2.05) is 30.3 Å². The Labute approximate surface area is 165 Å². The summed E-state index contributed by atoms with van der Waals surface area (Å²) >= 11 is 0. The summed E-state index contributed by atoms with van der Waals surface area (Å²) in [6, 6.07) is 18.3. The third-order valence-electron chi connectivity index (χ3n) is 5.87. The van der Waals surface area contributed by atoms with Crippen LogP contribution in [0, 0.1) is 6.92 Å². The maximum atomic E-state index is 12.6. The second-order valence-corrected chi connectivity index (χ2v) is 7.45. The normalized spacial score (nSPS) is 16.0. The van der Waals surface area contributed by atoms with Crippen molar-refractivity contribution in [2.24, 2.45) is 0 Å². The number of Topliss-reactive ketones (excluding diaryl/α,β-unsaturated/α-hetero) is 1. The molecule has 4 rings (SSSR count). The molecule has 0 spiro atoms. The van der Waals surface area contributed by atoms with Crippen molar-refractivity contribution in [3.8, 4) is 11.3 Å². The zero-order valence-corrected chi connectivity index (χ0v) is 16.3. The zero-order valence-electron chi connectivity index (χ0n) is 16.3. The first-order chi connectivity index (χ1) is 13.6. The lowest BCUT2D eigenvalue weighted by Crippen LogP contribution is -2.47. The smallest absolute Gasteiger partial charge is 0.245 e. The summed E-state index contributed by atoms with van der Waals surface area (Å²) in [5.74, 6) is 0.858. The monoisotopic (exact) mass is 372 g/mol. The van der Waals surface area contributed by atoms with E-state index in [1.165, 1.54) is 0 Å². The topological polar surface area (TPSA) is 59.0 Å². The van der Waals surface area contributed by atoms with Crippen LogP contribution >= 0.6 is 0 Å². The molecule has 1 aromatic heterocycles. The lowest BCUT2D eigenvalue weighted by atomic mass is 9.70. The van der Waals surface area contributed by atoms with Crippen LogP contribution in [0.2, 0.25) is 0 Å². The highest BCUT2D eigenvalue weighted by Gasteiger charge is 2.40. The third kappa shape index (κ3) is 3.28. The number of rotatable bonds is 4. The molecule has 28 heavy (non-hydrogen) atoms. The van der Waals surface area contributed by atoms with Gasteiger partial charge in [0.05, 0.1) is 17.3 Å². The minimum atomic E-state index is -0.418. The standard InChI is InChI=1S/C23H24N4O/c1-17-8-6-7-11-20(17)21-16-24-26-22(25-21)27-14-12-23(13-15-27,18(2)28)19-9-4-3-5-10-19/h3-11,16H,12-15H2,1-2H3. The summed E-state index contributed by atoms with van der Waals surface area (Å²) in [4.78, 5) is 19.5. The highest BCUT2D eigenvalue weighted by Crippen LogP contribution is 2.37. The highest BCUT2D eigenvalue weighted by molar-refractivity contribution is 5.88. The van der Waals surface area contributed by atoms with Crippen molar-refractivity contribution in [2.45, 2.75) is 32.1 Å². The van der Waals surface area contributed by atoms with E-state index < -0.39 is 5.41 Å². The van der Waals surface area contributed by atoms with Gasteiger partial charge in [0.25, 0.3) is 0 Å². The predicted octanol–water partition coefficient (Wildman–Crippen LogP) is 3.97. The second kappa shape index (κ2) is 7.50. The fraction of sp³-hybridized carbons (Fsp3) is 0.304. The van der Waals surface area contributed by atoms with Crippen LogP contribution in [0.25, 0.3) is 11.3 Å². The SMILES string of the molecule is CC(=O)C1(c2ccccc2)CCN(c2nncc(-c3ccccc3C)n2)CC1. The Hall–Kier alpha value is -3.08. The van der Waals surface area contributed by atoms with Gasteiger partial charge in [-0.1, -0.05) is 54.6 Å². The van der Waals surface area contributed by atoms with Crippen LogP contribution in [-0.4, -0.2) is 34.1 Å². The van der Waals surface area contributed by atoms with E-state index in [0.29, 0.717) is 5.95 Å². The number of hydrogen-bond donors (Lipinski definition) is 0. The van der Waals surface area contributed by atoms with Crippen LogP contribution in [0.3, 0.4) is 0 Å². The van der Waals surface area contributed by atoms with Crippen LogP contribution in [0.15, 0.2) is 60.8 Å². The van der Waals surface area contributed by atoms with E-state index in [4.69, 9.17) is 4.98 Å². The van der Waals surface area contributed by atoms with Crippen LogP contribution in [0.1, 0.15) is 30.9 Å². The molecular weight excluding hydrogens is 348 g/mol. The van der Waals surface area contributed by atoms with Crippen LogP contribution in [0.5, 0.6) is 0 Å². The van der Waals surface area contributed by atoms with Gasteiger partial charge in [-0.3, -0.25) is 4.79 Å². The van der Waals surface area contributed by atoms with Gasteiger partial charge in [-0.25, -0.2) is 4.98 Å². The van der Waals surface area contributed by atoms with Crippen molar-refractivity contribution < 1.29 is 4.79 Å². The second-order valence-electron chi connectivity index (χ2n) is 7.45. The lowest BCUT2D eigenvalue weighted by Gasteiger charge is -2.40. The summed E-state index contributed by atoms with van der Waals surface area (Å²) in [6.45, 7) is 5.24. The van der Waals surface area contributed by atoms with Crippen molar-refractivity contribution in [2.75, 3.05) is 18.0 Å². The van der Waals surface area contributed by atoms with E-state index in [-0.39, 0.29) is 5.78 Å². The van der Waals surface area contributed by atoms with Crippen molar-refractivity contribution in [3.63, 3.8) is 0 Å². The summed E-state index contributed by atoms with van der Waals surface area (Å²) < 4.78 is 0. The van der Waals surface area contributed by atoms with Crippen molar-refractivity contribution >= 4 is 11.7 Å². The largest absolute Gasteiger partial charge is 0.339 e. The number of anilines is 1. The number of nitrogens with zero attached hydrogens (tertiary/aromatic N) is 4. The van der Waals surface area contributed by atoms with Crippen LogP contribution in [0.4, 0.5) is 5.95 Å². The lowest BCUT2D eigenvalue weighted by molar-refractivity contribution is -0.123. The van der Waals surface area contributed by atoms with Gasteiger partial charge in [0.2, 0.25) is 5.95 Å².